The lowest BCUT2D eigenvalue weighted by Gasteiger charge is -2.16. The second-order valence-electron chi connectivity index (χ2n) is 7.82. The van der Waals surface area contributed by atoms with Gasteiger partial charge in [0.05, 0.1) is 4.90 Å². The van der Waals surface area contributed by atoms with Crippen LogP contribution in [-0.4, -0.2) is 30.1 Å². The Morgan fingerprint density at radius 1 is 1.12 bits per heavy atom. The molecule has 6 nitrogen and oxygen atoms in total. The number of halogens is 1. The highest BCUT2D eigenvalue weighted by molar-refractivity contribution is 7.89. The molecule has 32 heavy (non-hydrogen) atoms. The van der Waals surface area contributed by atoms with E-state index in [4.69, 9.17) is 11.6 Å². The molecule has 0 radical (unpaired) electrons. The minimum Gasteiger partial charge on any atom is -0.480 e. The Hall–Kier alpha value is -2.87. The van der Waals surface area contributed by atoms with Gasteiger partial charge in [0.2, 0.25) is 10.0 Å². The molecular formula is C24H23ClN2O4S. The van der Waals surface area contributed by atoms with Gasteiger partial charge in [0.25, 0.3) is 0 Å². The van der Waals surface area contributed by atoms with Crippen LogP contribution in [-0.2, 0) is 34.7 Å². The van der Waals surface area contributed by atoms with Gasteiger partial charge in [-0.3, -0.25) is 4.79 Å². The monoisotopic (exact) mass is 470 g/mol. The minimum absolute atomic E-state index is 0.0134. The maximum absolute atomic E-state index is 12.9. The largest absolute Gasteiger partial charge is 0.480 e. The van der Waals surface area contributed by atoms with E-state index < -0.39 is 22.0 Å². The third kappa shape index (κ3) is 4.65. The second-order valence-corrected chi connectivity index (χ2v) is 9.97. The topological polar surface area (TPSA) is 88.4 Å². The Kier molecular flexibility index (Phi) is 6.24. The van der Waals surface area contributed by atoms with Gasteiger partial charge in [-0.25, -0.2) is 8.42 Å². The molecule has 1 unspecified atom stereocenters. The van der Waals surface area contributed by atoms with Gasteiger partial charge < -0.3 is 9.67 Å². The van der Waals surface area contributed by atoms with Crippen molar-refractivity contribution in [3.8, 4) is 11.1 Å². The van der Waals surface area contributed by atoms with Gasteiger partial charge in [0.15, 0.2) is 0 Å². The van der Waals surface area contributed by atoms with Gasteiger partial charge in [-0.1, -0.05) is 41.9 Å². The summed E-state index contributed by atoms with van der Waals surface area (Å²) in [5, 5.41) is 10.3. The van der Waals surface area contributed by atoms with Crippen LogP contribution in [0.2, 0.25) is 5.02 Å². The first-order valence-corrected chi connectivity index (χ1v) is 12.1. The summed E-state index contributed by atoms with van der Waals surface area (Å²) in [7, 11) is -2.11. The number of carbonyl (C=O) groups is 1. The molecule has 4 rings (SSSR count). The Morgan fingerprint density at radius 3 is 2.38 bits per heavy atom. The summed E-state index contributed by atoms with van der Waals surface area (Å²) in [4.78, 5) is 11.9. The first-order chi connectivity index (χ1) is 15.2. The number of nitrogens with zero attached hydrogens (tertiary/aromatic N) is 1. The zero-order valence-electron chi connectivity index (χ0n) is 17.5. The molecule has 0 saturated heterocycles. The highest BCUT2D eigenvalue weighted by Gasteiger charge is 2.28. The standard InChI is InChI=1S/C24H23ClN2O4S/c1-27-15-18(21-4-2-3-5-23(21)27)14-22(24(28)29)26-32(30,31)20-12-8-17(9-13-20)16-6-10-19(25)11-7-16/h3,5-13,15,22,26H,2,4,14H2,1H3,(H,28,29). The van der Waals surface area contributed by atoms with Crippen molar-refractivity contribution in [3.63, 3.8) is 0 Å². The van der Waals surface area contributed by atoms with Crippen LogP contribution in [0.25, 0.3) is 17.2 Å². The van der Waals surface area contributed by atoms with Gasteiger partial charge in [-0.05, 0) is 65.4 Å². The van der Waals surface area contributed by atoms with Gasteiger partial charge in [-0.15, -0.1) is 0 Å². The molecule has 0 spiro atoms. The van der Waals surface area contributed by atoms with Crippen molar-refractivity contribution < 1.29 is 18.3 Å². The number of sulfonamides is 1. The van der Waals surface area contributed by atoms with Crippen molar-refractivity contribution in [1.82, 2.24) is 9.29 Å². The van der Waals surface area contributed by atoms with E-state index in [9.17, 15) is 18.3 Å². The van der Waals surface area contributed by atoms with E-state index in [2.05, 4.69) is 10.8 Å². The van der Waals surface area contributed by atoms with Crippen LogP contribution in [0.5, 0.6) is 0 Å². The van der Waals surface area contributed by atoms with E-state index in [0.29, 0.717) is 5.02 Å². The number of carboxylic acids is 1. The number of aromatic nitrogens is 1. The Bertz CT molecular complexity index is 1280. The lowest BCUT2D eigenvalue weighted by atomic mass is 9.97. The van der Waals surface area contributed by atoms with E-state index in [-0.39, 0.29) is 11.3 Å². The van der Waals surface area contributed by atoms with Crippen LogP contribution in [0.4, 0.5) is 0 Å². The van der Waals surface area contributed by atoms with E-state index in [0.717, 1.165) is 40.8 Å². The van der Waals surface area contributed by atoms with Gasteiger partial charge in [0, 0.05) is 30.4 Å². The molecule has 1 aromatic heterocycles. The van der Waals surface area contributed by atoms with E-state index in [1.807, 2.05) is 36.0 Å². The molecule has 8 heteroatoms. The average molecular weight is 471 g/mol. The number of fused-ring (bicyclic) bond motifs is 1. The zero-order valence-corrected chi connectivity index (χ0v) is 19.0. The van der Waals surface area contributed by atoms with Crippen LogP contribution in [0, 0.1) is 0 Å². The quantitative estimate of drug-likeness (QED) is 0.539. The number of nitrogens with one attached hydrogen (secondary N) is 1. The van der Waals surface area contributed by atoms with Gasteiger partial charge in [0.1, 0.15) is 6.04 Å². The third-order valence-corrected chi connectivity index (χ3v) is 7.36. The fraction of sp³-hybridized carbons (Fsp3) is 0.208. The summed E-state index contributed by atoms with van der Waals surface area (Å²) in [5.74, 6) is -1.21. The molecule has 0 amide bonds. The van der Waals surface area contributed by atoms with Crippen molar-refractivity contribution in [3.05, 3.63) is 82.6 Å². The predicted octanol–water partition coefficient (Wildman–Crippen LogP) is 4.28. The smallest absolute Gasteiger partial charge is 0.322 e. The molecule has 1 atom stereocenters. The van der Waals surface area contributed by atoms with Crippen molar-refractivity contribution in [1.29, 1.82) is 0 Å². The lowest BCUT2D eigenvalue weighted by molar-refractivity contribution is -0.138. The maximum Gasteiger partial charge on any atom is 0.322 e. The molecule has 0 saturated carbocycles. The fourth-order valence-electron chi connectivity index (χ4n) is 3.99. The molecule has 1 heterocycles. The molecule has 1 aliphatic carbocycles. The third-order valence-electron chi connectivity index (χ3n) is 5.62. The number of hydrogen-bond donors (Lipinski definition) is 2. The molecular weight excluding hydrogens is 448 g/mol. The molecule has 0 bridgehead atoms. The SMILES string of the molecule is Cn1cc(CC(NS(=O)(=O)c2ccc(-c3ccc(Cl)cc3)cc2)C(=O)O)c2c1C=CCC2. The molecule has 3 aromatic rings. The highest BCUT2D eigenvalue weighted by atomic mass is 35.5. The Labute approximate surface area is 192 Å². The average Bonchev–Trinajstić information content (AvgIpc) is 3.09. The van der Waals surface area contributed by atoms with E-state index in [1.54, 1.807) is 24.3 Å². The van der Waals surface area contributed by atoms with E-state index in [1.165, 1.54) is 12.1 Å². The van der Waals surface area contributed by atoms with Crippen LogP contribution in [0.15, 0.2) is 65.7 Å². The summed E-state index contributed by atoms with van der Waals surface area (Å²) in [6.45, 7) is 0. The number of rotatable bonds is 7. The van der Waals surface area contributed by atoms with Crippen molar-refractivity contribution in [2.75, 3.05) is 0 Å². The van der Waals surface area contributed by atoms with E-state index >= 15 is 0 Å². The number of carboxylic acid groups (broad SMARTS) is 1. The van der Waals surface area contributed by atoms with Crippen molar-refractivity contribution in [2.45, 2.75) is 30.2 Å². The number of aliphatic carboxylic acids is 1. The summed E-state index contributed by atoms with van der Waals surface area (Å²) >= 11 is 5.92. The maximum atomic E-state index is 12.9. The van der Waals surface area contributed by atoms with Crippen LogP contribution in [0.3, 0.4) is 0 Å². The molecule has 1 aliphatic rings. The first-order valence-electron chi connectivity index (χ1n) is 10.2. The van der Waals surface area contributed by atoms with Crippen molar-refractivity contribution in [2.24, 2.45) is 7.05 Å². The summed E-state index contributed by atoms with van der Waals surface area (Å²) in [6, 6.07) is 12.3. The number of hydrogen-bond acceptors (Lipinski definition) is 3. The first kappa shape index (κ1) is 22.3. The second kappa shape index (κ2) is 8.94. The number of aryl methyl sites for hydroxylation is 1. The van der Waals surface area contributed by atoms with Crippen LogP contribution >= 0.6 is 11.6 Å². The molecule has 0 aliphatic heterocycles. The molecule has 2 N–H and O–H groups in total. The Morgan fingerprint density at radius 2 is 1.75 bits per heavy atom. The number of benzene rings is 2. The van der Waals surface area contributed by atoms with Crippen LogP contribution < -0.4 is 4.72 Å². The summed E-state index contributed by atoms with van der Waals surface area (Å²) < 4.78 is 30.1. The van der Waals surface area contributed by atoms with Gasteiger partial charge >= 0.3 is 5.97 Å². The van der Waals surface area contributed by atoms with Crippen molar-refractivity contribution >= 4 is 33.7 Å². The highest BCUT2D eigenvalue weighted by Crippen LogP contribution is 2.26. The minimum atomic E-state index is -4.02. The Balaban J connectivity index is 1.55. The number of allylic oxidation sites excluding steroid dienone is 1. The summed E-state index contributed by atoms with van der Waals surface area (Å²) in [6.07, 6.45) is 7.75. The molecule has 0 fully saturated rings. The zero-order chi connectivity index (χ0) is 22.9. The van der Waals surface area contributed by atoms with Gasteiger partial charge in [-0.2, -0.15) is 4.72 Å². The van der Waals surface area contributed by atoms with Crippen LogP contribution in [0.1, 0.15) is 23.2 Å². The predicted molar refractivity (Wildman–Crippen MR) is 125 cm³/mol. The fourth-order valence-corrected chi connectivity index (χ4v) is 5.30. The summed E-state index contributed by atoms with van der Waals surface area (Å²) in [5.41, 5.74) is 4.70. The molecule has 166 valence electrons. The normalized spacial score (nSPS) is 14.2. The lowest BCUT2D eigenvalue weighted by Crippen LogP contribution is -2.42. The molecule has 2 aromatic carbocycles.